The highest BCUT2D eigenvalue weighted by Gasteiger charge is 2.46. The molecule has 15 heavy (non-hydrogen) atoms. The lowest BCUT2D eigenvalue weighted by atomic mass is 9.76. The maximum absolute atomic E-state index is 11.9. The van der Waals surface area contributed by atoms with E-state index in [9.17, 15) is 4.79 Å². The van der Waals surface area contributed by atoms with Gasteiger partial charge in [0.2, 0.25) is 0 Å². The summed E-state index contributed by atoms with van der Waals surface area (Å²) in [5.41, 5.74) is 4.56. The van der Waals surface area contributed by atoms with Crippen molar-refractivity contribution in [2.24, 2.45) is 5.73 Å². The molecule has 4 nitrogen and oxygen atoms in total. The highest BCUT2D eigenvalue weighted by molar-refractivity contribution is 5.82. The Bertz CT molecular complexity index is 229. The van der Waals surface area contributed by atoms with Crippen LogP contribution in [0.5, 0.6) is 0 Å². The molecule has 4 heteroatoms. The Hall–Kier alpha value is -0.610. The summed E-state index contributed by atoms with van der Waals surface area (Å²) in [7, 11) is 0. The lowest BCUT2D eigenvalue weighted by molar-refractivity contribution is -0.167. The van der Waals surface area contributed by atoms with Crippen LogP contribution in [0.3, 0.4) is 0 Å². The molecule has 1 rings (SSSR count). The molecular formula is C11H22N2O2. The zero-order valence-corrected chi connectivity index (χ0v) is 9.93. The molecule has 0 aromatic carbocycles. The number of esters is 1. The second-order valence-corrected chi connectivity index (χ2v) is 5.15. The summed E-state index contributed by atoms with van der Waals surface area (Å²) in [4.78, 5) is 11.9. The summed E-state index contributed by atoms with van der Waals surface area (Å²) >= 11 is 0. The zero-order chi connectivity index (χ0) is 11.5. The Labute approximate surface area is 91.5 Å². The summed E-state index contributed by atoms with van der Waals surface area (Å²) in [5, 5.41) is 3.21. The zero-order valence-electron chi connectivity index (χ0n) is 9.93. The molecule has 0 aromatic heterocycles. The van der Waals surface area contributed by atoms with E-state index in [1.165, 1.54) is 0 Å². The fourth-order valence-electron chi connectivity index (χ4n) is 1.67. The molecule has 0 bridgehead atoms. The smallest absolute Gasteiger partial charge is 0.326 e. The predicted molar refractivity (Wildman–Crippen MR) is 59.5 cm³/mol. The average molecular weight is 214 g/mol. The molecular weight excluding hydrogens is 192 g/mol. The summed E-state index contributed by atoms with van der Waals surface area (Å²) in [6.07, 6.45) is 2.81. The molecule has 0 atom stereocenters. The monoisotopic (exact) mass is 214 g/mol. The van der Waals surface area contributed by atoms with Gasteiger partial charge in [0, 0.05) is 13.1 Å². The molecule has 0 amide bonds. The number of carbonyl (C=O) groups excluding carboxylic acids is 1. The van der Waals surface area contributed by atoms with Crippen molar-refractivity contribution in [1.82, 2.24) is 5.32 Å². The van der Waals surface area contributed by atoms with Crippen molar-refractivity contribution in [3.63, 3.8) is 0 Å². The molecule has 88 valence electrons. The molecule has 1 saturated carbocycles. The molecule has 1 fully saturated rings. The van der Waals surface area contributed by atoms with Crippen LogP contribution < -0.4 is 11.1 Å². The molecule has 3 N–H and O–H groups in total. The van der Waals surface area contributed by atoms with Crippen molar-refractivity contribution in [1.29, 1.82) is 0 Å². The van der Waals surface area contributed by atoms with Gasteiger partial charge in [-0.25, -0.2) is 0 Å². The van der Waals surface area contributed by atoms with E-state index in [1.54, 1.807) is 0 Å². The van der Waals surface area contributed by atoms with E-state index in [0.29, 0.717) is 13.1 Å². The summed E-state index contributed by atoms with van der Waals surface area (Å²) in [6, 6.07) is 0. The van der Waals surface area contributed by atoms with E-state index in [-0.39, 0.29) is 5.97 Å². The first-order chi connectivity index (χ1) is 6.90. The lowest BCUT2D eigenvalue weighted by Gasteiger charge is -2.41. The van der Waals surface area contributed by atoms with Crippen LogP contribution in [0.15, 0.2) is 0 Å². The predicted octanol–water partition coefficient (Wildman–Crippen LogP) is 0.799. The molecule has 0 unspecified atom stereocenters. The summed E-state index contributed by atoms with van der Waals surface area (Å²) in [5.74, 6) is -0.130. The van der Waals surface area contributed by atoms with Gasteiger partial charge in [-0.3, -0.25) is 4.79 Å². The molecule has 1 aliphatic rings. The molecule has 1 aliphatic carbocycles. The van der Waals surface area contributed by atoms with Crippen molar-refractivity contribution in [2.45, 2.75) is 51.2 Å². The summed E-state index contributed by atoms with van der Waals surface area (Å²) in [6.45, 7) is 6.88. The van der Waals surface area contributed by atoms with Gasteiger partial charge in [-0.1, -0.05) is 0 Å². The first kappa shape index (κ1) is 12.5. The standard InChI is InChI=1S/C11H22N2O2/c1-10(2,3)15-9(14)11(5-4-6-11)13-8-7-12/h13H,4-8,12H2,1-3H3. The fourth-order valence-corrected chi connectivity index (χ4v) is 1.67. The van der Waals surface area contributed by atoms with Crippen molar-refractivity contribution in [2.75, 3.05) is 13.1 Å². The second-order valence-electron chi connectivity index (χ2n) is 5.15. The van der Waals surface area contributed by atoms with Gasteiger partial charge in [0.1, 0.15) is 11.1 Å². The molecule has 0 aromatic rings. The second kappa shape index (κ2) is 4.49. The van der Waals surface area contributed by atoms with E-state index in [1.807, 2.05) is 20.8 Å². The Balaban J connectivity index is 2.54. The minimum Gasteiger partial charge on any atom is -0.459 e. The first-order valence-corrected chi connectivity index (χ1v) is 5.58. The minimum absolute atomic E-state index is 0.130. The molecule has 0 heterocycles. The first-order valence-electron chi connectivity index (χ1n) is 5.58. The number of hydrogen-bond donors (Lipinski definition) is 2. The number of ether oxygens (including phenoxy) is 1. The van der Waals surface area contributed by atoms with Gasteiger partial charge >= 0.3 is 5.97 Å². The maximum Gasteiger partial charge on any atom is 0.326 e. The van der Waals surface area contributed by atoms with E-state index >= 15 is 0 Å². The van der Waals surface area contributed by atoms with E-state index in [0.717, 1.165) is 19.3 Å². The Morgan fingerprint density at radius 3 is 2.40 bits per heavy atom. The van der Waals surface area contributed by atoms with Crippen molar-refractivity contribution < 1.29 is 9.53 Å². The fraction of sp³-hybridized carbons (Fsp3) is 0.909. The van der Waals surface area contributed by atoms with Crippen LogP contribution in [0.1, 0.15) is 40.0 Å². The Morgan fingerprint density at radius 2 is 2.07 bits per heavy atom. The quantitative estimate of drug-likeness (QED) is 0.679. The summed E-state index contributed by atoms with van der Waals surface area (Å²) < 4.78 is 5.40. The van der Waals surface area contributed by atoms with Crippen molar-refractivity contribution >= 4 is 5.97 Å². The van der Waals surface area contributed by atoms with Gasteiger partial charge in [0.25, 0.3) is 0 Å². The molecule has 0 saturated heterocycles. The number of hydrogen-bond acceptors (Lipinski definition) is 4. The van der Waals surface area contributed by atoms with E-state index in [2.05, 4.69) is 5.32 Å². The van der Waals surface area contributed by atoms with Gasteiger partial charge in [-0.15, -0.1) is 0 Å². The molecule has 0 radical (unpaired) electrons. The lowest BCUT2D eigenvalue weighted by Crippen LogP contribution is -2.59. The van der Waals surface area contributed by atoms with Crippen LogP contribution in [-0.2, 0) is 9.53 Å². The molecule has 0 spiro atoms. The van der Waals surface area contributed by atoms with Crippen LogP contribution in [0.4, 0.5) is 0 Å². The van der Waals surface area contributed by atoms with Crippen LogP contribution in [0.2, 0.25) is 0 Å². The molecule has 0 aliphatic heterocycles. The van der Waals surface area contributed by atoms with Gasteiger partial charge in [-0.2, -0.15) is 0 Å². The number of carbonyl (C=O) groups is 1. The minimum atomic E-state index is -0.452. The van der Waals surface area contributed by atoms with Crippen LogP contribution in [-0.4, -0.2) is 30.2 Å². The third-order valence-corrected chi connectivity index (χ3v) is 2.60. The largest absolute Gasteiger partial charge is 0.459 e. The third kappa shape index (κ3) is 3.18. The van der Waals surface area contributed by atoms with Crippen LogP contribution in [0.25, 0.3) is 0 Å². The van der Waals surface area contributed by atoms with Gasteiger partial charge in [-0.05, 0) is 40.0 Å². The SMILES string of the molecule is CC(C)(C)OC(=O)C1(NCCN)CCC1. The van der Waals surface area contributed by atoms with E-state index < -0.39 is 11.1 Å². The van der Waals surface area contributed by atoms with E-state index in [4.69, 9.17) is 10.5 Å². The number of rotatable bonds is 4. The number of nitrogens with one attached hydrogen (secondary N) is 1. The normalized spacial score (nSPS) is 19.5. The van der Waals surface area contributed by atoms with Gasteiger partial charge in [0.15, 0.2) is 0 Å². The van der Waals surface area contributed by atoms with Crippen LogP contribution >= 0.6 is 0 Å². The average Bonchev–Trinajstić information content (AvgIpc) is 1.99. The highest BCUT2D eigenvalue weighted by atomic mass is 16.6. The Morgan fingerprint density at radius 1 is 1.47 bits per heavy atom. The van der Waals surface area contributed by atoms with Crippen molar-refractivity contribution in [3.8, 4) is 0 Å². The van der Waals surface area contributed by atoms with Crippen molar-refractivity contribution in [3.05, 3.63) is 0 Å². The highest BCUT2D eigenvalue weighted by Crippen LogP contribution is 2.34. The van der Waals surface area contributed by atoms with Crippen LogP contribution in [0, 0.1) is 0 Å². The van der Waals surface area contributed by atoms with Gasteiger partial charge in [0.05, 0.1) is 0 Å². The topological polar surface area (TPSA) is 64.3 Å². The maximum atomic E-state index is 11.9. The Kier molecular flexibility index (Phi) is 3.73. The third-order valence-electron chi connectivity index (χ3n) is 2.60. The van der Waals surface area contributed by atoms with Gasteiger partial charge < -0.3 is 15.8 Å². The number of nitrogens with two attached hydrogens (primary N) is 1.